The maximum atomic E-state index is 11.1. The van der Waals surface area contributed by atoms with Gasteiger partial charge in [-0.25, -0.2) is 0 Å². The summed E-state index contributed by atoms with van der Waals surface area (Å²) in [4.78, 5) is 13.1. The average molecular weight is 352 g/mol. The predicted octanol–water partition coefficient (Wildman–Crippen LogP) is 4.05. The summed E-state index contributed by atoms with van der Waals surface area (Å²) in [5.41, 5.74) is 0.835. The van der Waals surface area contributed by atoms with Crippen molar-refractivity contribution in [1.82, 2.24) is 4.90 Å². The number of carboxylic acids is 1. The average Bonchev–Trinajstić information content (AvgIpc) is 3.13. The van der Waals surface area contributed by atoms with Crippen LogP contribution in [-0.4, -0.2) is 29.1 Å². The topological polar surface area (TPSA) is 53.7 Å². The normalized spacial score (nSPS) is 16.5. The number of halogens is 1. The summed E-state index contributed by atoms with van der Waals surface area (Å²) in [6.07, 6.45) is 2.41. The number of benzene rings is 1. The highest BCUT2D eigenvalue weighted by Crippen LogP contribution is 2.34. The lowest BCUT2D eigenvalue weighted by Crippen LogP contribution is -2.33. The van der Waals surface area contributed by atoms with Gasteiger partial charge in [-0.05, 0) is 49.9 Å². The van der Waals surface area contributed by atoms with Crippen molar-refractivity contribution in [3.05, 3.63) is 34.5 Å². The van der Waals surface area contributed by atoms with Crippen LogP contribution in [0.25, 0.3) is 11.0 Å². The largest absolute Gasteiger partial charge is 0.480 e. The van der Waals surface area contributed by atoms with Gasteiger partial charge in [-0.2, -0.15) is 0 Å². The Morgan fingerprint density at radius 3 is 2.90 bits per heavy atom. The van der Waals surface area contributed by atoms with Gasteiger partial charge < -0.3 is 9.52 Å². The van der Waals surface area contributed by atoms with Crippen molar-refractivity contribution < 1.29 is 14.3 Å². The van der Waals surface area contributed by atoms with E-state index in [1.54, 1.807) is 0 Å². The fraction of sp³-hybridized carbons (Fsp3) is 0.438. The monoisotopic (exact) mass is 351 g/mol. The Labute approximate surface area is 131 Å². The van der Waals surface area contributed by atoms with E-state index in [0.717, 1.165) is 27.7 Å². The van der Waals surface area contributed by atoms with Crippen LogP contribution in [0.5, 0.6) is 0 Å². The second kappa shape index (κ2) is 5.81. The molecule has 0 bridgehead atoms. The van der Waals surface area contributed by atoms with Crippen molar-refractivity contribution in [2.75, 3.05) is 13.1 Å². The number of furan rings is 1. The van der Waals surface area contributed by atoms with Gasteiger partial charge in [-0.3, -0.25) is 9.69 Å². The summed E-state index contributed by atoms with van der Waals surface area (Å²) in [7, 11) is 0. The van der Waals surface area contributed by atoms with Crippen LogP contribution in [0, 0.1) is 5.92 Å². The molecular formula is C16H18BrNO3. The molecule has 1 heterocycles. The molecule has 1 atom stereocenters. The lowest BCUT2D eigenvalue weighted by atomic mass is 10.1. The summed E-state index contributed by atoms with van der Waals surface area (Å²) in [6, 6.07) is 7.86. The van der Waals surface area contributed by atoms with Gasteiger partial charge in [-0.1, -0.05) is 15.9 Å². The summed E-state index contributed by atoms with van der Waals surface area (Å²) >= 11 is 3.45. The van der Waals surface area contributed by atoms with Crippen molar-refractivity contribution in [2.24, 2.45) is 5.92 Å². The Bertz CT molecular complexity index is 663. The molecule has 1 saturated carbocycles. The van der Waals surface area contributed by atoms with E-state index < -0.39 is 5.97 Å². The Hall–Kier alpha value is -1.33. The highest BCUT2D eigenvalue weighted by atomic mass is 79.9. The number of fused-ring (bicyclic) bond motifs is 1. The number of hydrogen-bond acceptors (Lipinski definition) is 3. The molecule has 0 saturated heterocycles. The molecule has 21 heavy (non-hydrogen) atoms. The third-order valence-electron chi connectivity index (χ3n) is 3.98. The van der Waals surface area contributed by atoms with Crippen molar-refractivity contribution in [3.8, 4) is 0 Å². The summed E-state index contributed by atoms with van der Waals surface area (Å²) in [5.74, 6) is 0.677. The lowest BCUT2D eigenvalue weighted by molar-refractivity contribution is -0.139. The van der Waals surface area contributed by atoms with E-state index in [1.807, 2.05) is 36.1 Å². The van der Waals surface area contributed by atoms with Crippen LogP contribution in [0.2, 0.25) is 0 Å². The number of rotatable bonds is 6. The van der Waals surface area contributed by atoms with Gasteiger partial charge in [0.1, 0.15) is 11.3 Å². The third kappa shape index (κ3) is 3.47. The molecule has 5 heteroatoms. The SMILES string of the molecule is CC(c1cc2cc(Br)ccc2o1)N(CC(=O)O)CC1CC1. The Kier molecular flexibility index (Phi) is 4.04. The van der Waals surface area contributed by atoms with E-state index in [-0.39, 0.29) is 12.6 Å². The number of hydrogen-bond donors (Lipinski definition) is 1. The molecule has 0 amide bonds. The Balaban J connectivity index is 1.84. The van der Waals surface area contributed by atoms with E-state index >= 15 is 0 Å². The van der Waals surface area contributed by atoms with Crippen molar-refractivity contribution in [2.45, 2.75) is 25.8 Å². The molecule has 1 fully saturated rings. The minimum Gasteiger partial charge on any atom is -0.480 e. The van der Waals surface area contributed by atoms with Gasteiger partial charge in [0.05, 0.1) is 12.6 Å². The molecule has 1 unspecified atom stereocenters. The van der Waals surface area contributed by atoms with Crippen LogP contribution in [0.3, 0.4) is 0 Å². The second-order valence-electron chi connectivity index (χ2n) is 5.77. The first-order chi connectivity index (χ1) is 10.0. The van der Waals surface area contributed by atoms with Gasteiger partial charge in [0, 0.05) is 16.4 Å². The highest BCUT2D eigenvalue weighted by Gasteiger charge is 2.29. The van der Waals surface area contributed by atoms with Crippen LogP contribution in [0.15, 0.2) is 33.2 Å². The molecule has 0 aliphatic heterocycles. The second-order valence-corrected chi connectivity index (χ2v) is 6.69. The molecule has 0 radical (unpaired) electrons. The summed E-state index contributed by atoms with van der Waals surface area (Å²) in [6.45, 7) is 2.89. The lowest BCUT2D eigenvalue weighted by Gasteiger charge is -2.25. The van der Waals surface area contributed by atoms with Gasteiger partial charge in [-0.15, -0.1) is 0 Å². The molecule has 1 aliphatic carbocycles. The molecule has 112 valence electrons. The predicted molar refractivity (Wildman–Crippen MR) is 84.3 cm³/mol. The molecule has 1 aliphatic rings. The smallest absolute Gasteiger partial charge is 0.317 e. The molecular weight excluding hydrogens is 334 g/mol. The van der Waals surface area contributed by atoms with E-state index in [1.165, 1.54) is 12.8 Å². The highest BCUT2D eigenvalue weighted by molar-refractivity contribution is 9.10. The zero-order valence-corrected chi connectivity index (χ0v) is 13.5. The maximum Gasteiger partial charge on any atom is 0.317 e. The molecule has 2 aromatic rings. The van der Waals surface area contributed by atoms with Crippen LogP contribution in [-0.2, 0) is 4.79 Å². The first kappa shape index (κ1) is 14.6. The van der Waals surface area contributed by atoms with Gasteiger partial charge >= 0.3 is 5.97 Å². The third-order valence-corrected chi connectivity index (χ3v) is 4.48. The minimum atomic E-state index is -0.790. The van der Waals surface area contributed by atoms with E-state index in [4.69, 9.17) is 9.52 Å². The molecule has 0 spiro atoms. The Morgan fingerprint density at radius 2 is 2.24 bits per heavy atom. The van der Waals surface area contributed by atoms with E-state index in [2.05, 4.69) is 15.9 Å². The number of aliphatic carboxylic acids is 1. The van der Waals surface area contributed by atoms with Crippen LogP contribution < -0.4 is 0 Å². The quantitative estimate of drug-likeness (QED) is 0.852. The molecule has 1 aromatic carbocycles. The van der Waals surface area contributed by atoms with E-state index in [0.29, 0.717) is 5.92 Å². The van der Waals surface area contributed by atoms with Crippen molar-refractivity contribution >= 4 is 32.9 Å². The summed E-state index contributed by atoms with van der Waals surface area (Å²) < 4.78 is 6.90. The first-order valence-electron chi connectivity index (χ1n) is 7.18. The fourth-order valence-corrected chi connectivity index (χ4v) is 2.96. The minimum absolute atomic E-state index is 0.0344. The Morgan fingerprint density at radius 1 is 1.48 bits per heavy atom. The van der Waals surface area contributed by atoms with Gasteiger partial charge in [0.25, 0.3) is 0 Å². The number of carboxylic acid groups (broad SMARTS) is 1. The number of carbonyl (C=O) groups is 1. The van der Waals surface area contributed by atoms with Gasteiger partial charge in [0.2, 0.25) is 0 Å². The molecule has 1 aromatic heterocycles. The van der Waals surface area contributed by atoms with Crippen LogP contribution in [0.4, 0.5) is 0 Å². The fourth-order valence-electron chi connectivity index (χ4n) is 2.59. The van der Waals surface area contributed by atoms with Crippen molar-refractivity contribution in [1.29, 1.82) is 0 Å². The standard InChI is InChI=1S/C16H18BrNO3/c1-10(18(9-16(19)20)8-11-2-3-11)15-7-12-6-13(17)4-5-14(12)21-15/h4-7,10-11H,2-3,8-9H2,1H3,(H,19,20). The first-order valence-corrected chi connectivity index (χ1v) is 7.97. The molecule has 3 rings (SSSR count). The molecule has 4 nitrogen and oxygen atoms in total. The van der Waals surface area contributed by atoms with Gasteiger partial charge in [0.15, 0.2) is 0 Å². The zero-order valence-electron chi connectivity index (χ0n) is 11.9. The van der Waals surface area contributed by atoms with Crippen LogP contribution in [0.1, 0.15) is 31.6 Å². The molecule has 1 N–H and O–H groups in total. The number of nitrogens with zero attached hydrogens (tertiary/aromatic N) is 1. The summed E-state index contributed by atoms with van der Waals surface area (Å²) in [5, 5.41) is 10.1. The maximum absolute atomic E-state index is 11.1. The van der Waals surface area contributed by atoms with E-state index in [9.17, 15) is 4.79 Å². The van der Waals surface area contributed by atoms with Crippen LogP contribution >= 0.6 is 15.9 Å². The zero-order chi connectivity index (χ0) is 15.0. The van der Waals surface area contributed by atoms with Crippen molar-refractivity contribution in [3.63, 3.8) is 0 Å².